The maximum atomic E-state index is 10.7. The van der Waals surface area contributed by atoms with Crippen LogP contribution < -0.4 is 10.6 Å². The normalized spacial score (nSPS) is 9.29. The average molecular weight is 192 g/mol. The van der Waals surface area contributed by atoms with Gasteiger partial charge in [0.2, 0.25) is 11.8 Å². The van der Waals surface area contributed by atoms with Crippen molar-refractivity contribution < 1.29 is 9.59 Å². The van der Waals surface area contributed by atoms with Gasteiger partial charge in [-0.3, -0.25) is 9.59 Å². The zero-order valence-electron chi connectivity index (χ0n) is 8.13. The number of anilines is 2. The van der Waals surface area contributed by atoms with Gasteiger partial charge in [-0.2, -0.15) is 0 Å². The van der Waals surface area contributed by atoms with Crippen molar-refractivity contribution in [3.05, 3.63) is 24.3 Å². The van der Waals surface area contributed by atoms with E-state index in [9.17, 15) is 9.59 Å². The number of carbonyl (C=O) groups is 2. The van der Waals surface area contributed by atoms with Crippen molar-refractivity contribution in [3.63, 3.8) is 0 Å². The molecule has 0 spiro atoms. The second-order valence-corrected chi connectivity index (χ2v) is 2.94. The molecule has 1 rings (SSSR count). The fourth-order valence-electron chi connectivity index (χ4n) is 1.04. The van der Waals surface area contributed by atoms with E-state index in [0.29, 0.717) is 11.4 Å². The van der Waals surface area contributed by atoms with Crippen LogP contribution in [0.2, 0.25) is 0 Å². The molecule has 0 heterocycles. The highest BCUT2D eigenvalue weighted by Gasteiger charge is 1.97. The summed E-state index contributed by atoms with van der Waals surface area (Å²) in [5, 5.41) is 5.27. The van der Waals surface area contributed by atoms with Gasteiger partial charge in [0, 0.05) is 25.2 Å². The number of nitrogens with one attached hydrogen (secondary N) is 2. The maximum Gasteiger partial charge on any atom is 0.221 e. The summed E-state index contributed by atoms with van der Waals surface area (Å²) in [6, 6.07) is 6.92. The number of hydrogen-bond acceptors (Lipinski definition) is 2. The van der Waals surface area contributed by atoms with Gasteiger partial charge in [0.15, 0.2) is 0 Å². The maximum absolute atomic E-state index is 10.7. The second kappa shape index (κ2) is 4.41. The Hall–Kier alpha value is -1.84. The van der Waals surface area contributed by atoms with Crippen molar-refractivity contribution in [2.45, 2.75) is 13.8 Å². The van der Waals surface area contributed by atoms with Gasteiger partial charge in [0.1, 0.15) is 0 Å². The van der Waals surface area contributed by atoms with E-state index in [0.717, 1.165) is 0 Å². The molecule has 4 nitrogen and oxygen atoms in total. The van der Waals surface area contributed by atoms with Crippen LogP contribution in [0.4, 0.5) is 11.4 Å². The molecule has 0 aliphatic heterocycles. The lowest BCUT2D eigenvalue weighted by Gasteiger charge is -2.04. The van der Waals surface area contributed by atoms with Crippen LogP contribution in [0.25, 0.3) is 0 Å². The molecule has 0 aliphatic rings. The summed E-state index contributed by atoms with van der Waals surface area (Å²) in [4.78, 5) is 21.4. The number of rotatable bonds is 2. The van der Waals surface area contributed by atoms with Gasteiger partial charge in [0.05, 0.1) is 0 Å². The Morgan fingerprint density at radius 3 is 1.36 bits per heavy atom. The van der Waals surface area contributed by atoms with Gasteiger partial charge in [-0.05, 0) is 24.3 Å². The highest BCUT2D eigenvalue weighted by atomic mass is 16.2. The van der Waals surface area contributed by atoms with E-state index in [-0.39, 0.29) is 11.8 Å². The van der Waals surface area contributed by atoms with Gasteiger partial charge >= 0.3 is 0 Å². The van der Waals surface area contributed by atoms with E-state index >= 15 is 0 Å². The summed E-state index contributed by atoms with van der Waals surface area (Å²) in [6.07, 6.45) is 0. The molecule has 0 unspecified atom stereocenters. The Morgan fingerprint density at radius 2 is 1.14 bits per heavy atom. The predicted octanol–water partition coefficient (Wildman–Crippen LogP) is 1.60. The van der Waals surface area contributed by atoms with Crippen LogP contribution in [0.3, 0.4) is 0 Å². The highest BCUT2D eigenvalue weighted by molar-refractivity contribution is 5.90. The smallest absolute Gasteiger partial charge is 0.221 e. The van der Waals surface area contributed by atoms with Gasteiger partial charge in [-0.25, -0.2) is 0 Å². The zero-order chi connectivity index (χ0) is 10.6. The van der Waals surface area contributed by atoms with Gasteiger partial charge in [0.25, 0.3) is 0 Å². The van der Waals surface area contributed by atoms with Crippen molar-refractivity contribution in [1.29, 1.82) is 0 Å². The Balaban J connectivity index is 2.68. The summed E-state index contributed by atoms with van der Waals surface area (Å²) < 4.78 is 0. The van der Waals surface area contributed by atoms with Crippen LogP contribution in [0.5, 0.6) is 0 Å². The molecule has 14 heavy (non-hydrogen) atoms. The van der Waals surface area contributed by atoms with Crippen LogP contribution in [0.15, 0.2) is 24.3 Å². The van der Waals surface area contributed by atoms with Gasteiger partial charge in [-0.1, -0.05) is 0 Å². The number of benzene rings is 1. The molecular formula is C10H12N2O2. The summed E-state index contributed by atoms with van der Waals surface area (Å²) in [5.41, 5.74) is 1.43. The Labute approximate surface area is 82.3 Å². The lowest BCUT2D eigenvalue weighted by Crippen LogP contribution is -2.07. The van der Waals surface area contributed by atoms with Crippen molar-refractivity contribution >= 4 is 23.2 Å². The highest BCUT2D eigenvalue weighted by Crippen LogP contribution is 2.13. The first-order chi connectivity index (χ1) is 6.58. The van der Waals surface area contributed by atoms with E-state index < -0.39 is 0 Å². The van der Waals surface area contributed by atoms with Crippen molar-refractivity contribution in [2.75, 3.05) is 10.6 Å². The first kappa shape index (κ1) is 10.2. The van der Waals surface area contributed by atoms with E-state index in [1.807, 2.05) is 0 Å². The third kappa shape index (κ3) is 3.26. The van der Waals surface area contributed by atoms with E-state index in [1.54, 1.807) is 24.3 Å². The Bertz CT molecular complexity index is 309. The average Bonchev–Trinajstić information content (AvgIpc) is 2.06. The minimum atomic E-state index is -0.114. The number of amides is 2. The van der Waals surface area contributed by atoms with Crippen LogP contribution in [-0.4, -0.2) is 11.8 Å². The zero-order valence-corrected chi connectivity index (χ0v) is 8.13. The summed E-state index contributed by atoms with van der Waals surface area (Å²) in [5.74, 6) is -0.227. The summed E-state index contributed by atoms with van der Waals surface area (Å²) >= 11 is 0. The molecule has 1 aromatic rings. The predicted molar refractivity (Wildman–Crippen MR) is 55.0 cm³/mol. The third-order valence-corrected chi connectivity index (χ3v) is 1.53. The van der Waals surface area contributed by atoms with Crippen LogP contribution in [0.1, 0.15) is 13.8 Å². The molecular weight excluding hydrogens is 180 g/mol. The molecule has 2 N–H and O–H groups in total. The van der Waals surface area contributed by atoms with Crippen LogP contribution >= 0.6 is 0 Å². The Kier molecular flexibility index (Phi) is 3.23. The number of hydrogen-bond donors (Lipinski definition) is 2. The van der Waals surface area contributed by atoms with Crippen molar-refractivity contribution in [2.24, 2.45) is 0 Å². The summed E-state index contributed by atoms with van der Waals surface area (Å²) in [6.45, 7) is 2.89. The molecule has 0 radical (unpaired) electrons. The standard InChI is InChI=1S/C10H12N2O2/c1-7(13)11-9-3-5-10(6-4-9)12-8(2)14/h3-6H,1-2H3,(H,11,13)(H,12,14). The Morgan fingerprint density at radius 1 is 0.857 bits per heavy atom. The van der Waals surface area contributed by atoms with E-state index in [4.69, 9.17) is 0 Å². The van der Waals surface area contributed by atoms with Crippen molar-refractivity contribution in [1.82, 2.24) is 0 Å². The lowest BCUT2D eigenvalue weighted by molar-refractivity contribution is -0.115. The molecule has 0 bridgehead atoms. The SMILES string of the molecule is CC(=O)Nc1ccc(NC(C)=O)cc1. The quantitative estimate of drug-likeness (QED) is 0.747. The fraction of sp³-hybridized carbons (Fsp3) is 0.200. The molecule has 0 atom stereocenters. The molecule has 0 aromatic heterocycles. The first-order valence-electron chi connectivity index (χ1n) is 4.23. The van der Waals surface area contributed by atoms with Gasteiger partial charge in [-0.15, -0.1) is 0 Å². The summed E-state index contributed by atoms with van der Waals surface area (Å²) in [7, 11) is 0. The first-order valence-corrected chi connectivity index (χ1v) is 4.23. The molecule has 0 fully saturated rings. The van der Waals surface area contributed by atoms with Gasteiger partial charge < -0.3 is 10.6 Å². The van der Waals surface area contributed by atoms with E-state index in [1.165, 1.54) is 13.8 Å². The molecule has 0 saturated carbocycles. The van der Waals surface area contributed by atoms with Crippen LogP contribution in [-0.2, 0) is 9.59 Å². The molecule has 74 valence electrons. The van der Waals surface area contributed by atoms with Crippen LogP contribution in [0, 0.1) is 0 Å². The molecule has 2 amide bonds. The minimum Gasteiger partial charge on any atom is -0.326 e. The molecule has 0 aliphatic carbocycles. The third-order valence-electron chi connectivity index (χ3n) is 1.53. The fourth-order valence-corrected chi connectivity index (χ4v) is 1.04. The largest absolute Gasteiger partial charge is 0.326 e. The monoisotopic (exact) mass is 192 g/mol. The second-order valence-electron chi connectivity index (χ2n) is 2.94. The molecule has 0 saturated heterocycles. The number of carbonyl (C=O) groups excluding carboxylic acids is 2. The molecule has 4 heteroatoms. The minimum absolute atomic E-state index is 0.114. The molecule has 1 aromatic carbocycles. The topological polar surface area (TPSA) is 58.2 Å². The lowest BCUT2D eigenvalue weighted by atomic mass is 10.3. The van der Waals surface area contributed by atoms with E-state index in [2.05, 4.69) is 10.6 Å². The van der Waals surface area contributed by atoms with Crippen molar-refractivity contribution in [3.8, 4) is 0 Å².